The number of hydrogen-bond donors (Lipinski definition) is 0. The van der Waals surface area contributed by atoms with Crippen LogP contribution in [0.1, 0.15) is 53.1 Å². The molecule has 3 atom stereocenters. The second-order valence-electron chi connectivity index (χ2n) is 8.06. The smallest absolute Gasteiger partial charge is 0.221 e. The summed E-state index contributed by atoms with van der Waals surface area (Å²) < 4.78 is 5.94. The van der Waals surface area contributed by atoms with Crippen LogP contribution >= 0.6 is 0 Å². The van der Waals surface area contributed by atoms with Crippen molar-refractivity contribution in [2.75, 3.05) is 6.61 Å². The molecular formula is C19H28N2O2. The zero-order valence-electron chi connectivity index (χ0n) is 15.0. The molecule has 1 saturated heterocycles. The summed E-state index contributed by atoms with van der Waals surface area (Å²) in [6.07, 6.45) is 0. The van der Waals surface area contributed by atoms with Crippen LogP contribution in [-0.4, -0.2) is 34.7 Å². The van der Waals surface area contributed by atoms with Gasteiger partial charge in [0.1, 0.15) is 12.6 Å². The fraction of sp³-hybridized carbons (Fsp3) is 0.632. The van der Waals surface area contributed by atoms with E-state index in [1.165, 1.54) is 5.56 Å². The third-order valence-corrected chi connectivity index (χ3v) is 4.69. The number of ether oxygens (including phenoxy) is 1. The molecule has 2 aliphatic rings. The molecule has 0 amide bonds. The Bertz CT molecular complexity index is 591. The maximum Gasteiger partial charge on any atom is 0.221 e. The summed E-state index contributed by atoms with van der Waals surface area (Å²) in [7, 11) is 0. The van der Waals surface area contributed by atoms with Gasteiger partial charge in [0, 0.05) is 5.54 Å². The zero-order chi connectivity index (χ0) is 16.8. The Kier molecular flexibility index (Phi) is 4.01. The van der Waals surface area contributed by atoms with E-state index in [9.17, 15) is 0 Å². The van der Waals surface area contributed by atoms with E-state index in [0.717, 1.165) is 5.90 Å². The molecule has 0 radical (unpaired) electrons. The Morgan fingerprint density at radius 1 is 1.22 bits per heavy atom. The Hall–Kier alpha value is -1.39. The van der Waals surface area contributed by atoms with Gasteiger partial charge in [-0.1, -0.05) is 44.2 Å². The lowest BCUT2D eigenvalue weighted by Crippen LogP contribution is -2.68. The third-order valence-electron chi connectivity index (χ3n) is 4.69. The van der Waals surface area contributed by atoms with Crippen LogP contribution in [0.15, 0.2) is 35.3 Å². The first-order valence-electron chi connectivity index (χ1n) is 8.48. The molecule has 2 aliphatic heterocycles. The Morgan fingerprint density at radius 2 is 1.87 bits per heavy atom. The van der Waals surface area contributed by atoms with E-state index in [0.29, 0.717) is 12.5 Å². The van der Waals surface area contributed by atoms with E-state index in [2.05, 4.69) is 70.9 Å². The van der Waals surface area contributed by atoms with E-state index in [1.807, 2.05) is 6.07 Å². The summed E-state index contributed by atoms with van der Waals surface area (Å²) in [5.74, 6) is 1.22. The van der Waals surface area contributed by atoms with E-state index in [1.54, 1.807) is 0 Å². The number of rotatable bonds is 3. The monoisotopic (exact) mass is 316 g/mol. The van der Waals surface area contributed by atoms with E-state index >= 15 is 0 Å². The summed E-state index contributed by atoms with van der Waals surface area (Å²) in [4.78, 5) is 11.1. The van der Waals surface area contributed by atoms with Gasteiger partial charge in [-0.3, -0.25) is 4.84 Å². The number of hydroxylamine groups is 2. The fourth-order valence-corrected chi connectivity index (χ4v) is 3.25. The molecule has 1 aromatic rings. The van der Waals surface area contributed by atoms with Crippen LogP contribution in [0.3, 0.4) is 0 Å². The van der Waals surface area contributed by atoms with Crippen molar-refractivity contribution in [3.8, 4) is 0 Å². The van der Waals surface area contributed by atoms with Crippen LogP contribution < -0.4 is 0 Å². The minimum absolute atomic E-state index is 0.0867. The summed E-state index contributed by atoms with van der Waals surface area (Å²) in [5, 5.41) is 2.07. The lowest BCUT2D eigenvalue weighted by molar-refractivity contribution is -0.399. The van der Waals surface area contributed by atoms with Crippen molar-refractivity contribution in [2.24, 2.45) is 10.9 Å². The molecule has 0 saturated carbocycles. The molecule has 0 N–H and O–H groups in total. The molecule has 1 fully saturated rings. The van der Waals surface area contributed by atoms with Crippen molar-refractivity contribution in [3.63, 3.8) is 0 Å². The Morgan fingerprint density at radius 3 is 2.39 bits per heavy atom. The number of hydrogen-bond acceptors (Lipinski definition) is 4. The molecule has 4 heteroatoms. The van der Waals surface area contributed by atoms with Crippen molar-refractivity contribution in [1.82, 2.24) is 5.06 Å². The van der Waals surface area contributed by atoms with Gasteiger partial charge in [-0.05, 0) is 39.2 Å². The van der Waals surface area contributed by atoms with Crippen LogP contribution in [0.4, 0.5) is 0 Å². The predicted molar refractivity (Wildman–Crippen MR) is 92.3 cm³/mol. The fourth-order valence-electron chi connectivity index (χ4n) is 3.25. The SMILES string of the molecule is CC(C)[C@@H]1COC([C@@]2(C)ON(C(C)(C)C)[C@@H]2c2ccccc2)=N1. The normalized spacial score (nSPS) is 31.7. The molecule has 0 bridgehead atoms. The van der Waals surface area contributed by atoms with Gasteiger partial charge in [-0.25, -0.2) is 4.99 Å². The van der Waals surface area contributed by atoms with E-state index in [-0.39, 0.29) is 17.6 Å². The van der Waals surface area contributed by atoms with Crippen molar-refractivity contribution in [2.45, 2.75) is 64.8 Å². The molecule has 4 nitrogen and oxygen atoms in total. The number of benzene rings is 1. The van der Waals surface area contributed by atoms with Gasteiger partial charge in [-0.15, -0.1) is 0 Å². The van der Waals surface area contributed by atoms with Gasteiger partial charge >= 0.3 is 0 Å². The minimum Gasteiger partial charge on any atom is -0.477 e. The van der Waals surface area contributed by atoms with Crippen LogP contribution in [0.2, 0.25) is 0 Å². The van der Waals surface area contributed by atoms with Crippen LogP contribution in [0, 0.1) is 5.92 Å². The highest BCUT2D eigenvalue weighted by atomic mass is 16.8. The predicted octanol–water partition coefficient (Wildman–Crippen LogP) is 3.99. The number of nitrogens with zero attached hydrogens (tertiary/aromatic N) is 2. The molecule has 23 heavy (non-hydrogen) atoms. The second-order valence-corrected chi connectivity index (χ2v) is 8.06. The lowest BCUT2D eigenvalue weighted by atomic mass is 9.84. The Balaban J connectivity index is 1.94. The summed E-state index contributed by atoms with van der Waals surface area (Å²) in [6, 6.07) is 10.8. The highest BCUT2D eigenvalue weighted by Gasteiger charge is 2.60. The minimum atomic E-state index is -0.529. The van der Waals surface area contributed by atoms with Gasteiger partial charge in [-0.2, -0.15) is 5.06 Å². The van der Waals surface area contributed by atoms with Gasteiger partial charge < -0.3 is 4.74 Å². The third kappa shape index (κ3) is 2.79. The molecule has 2 heterocycles. The highest BCUT2D eigenvalue weighted by molar-refractivity contribution is 5.88. The van der Waals surface area contributed by atoms with Crippen LogP contribution in [-0.2, 0) is 9.57 Å². The highest BCUT2D eigenvalue weighted by Crippen LogP contribution is 2.50. The van der Waals surface area contributed by atoms with Crippen LogP contribution in [0.5, 0.6) is 0 Å². The van der Waals surface area contributed by atoms with Crippen molar-refractivity contribution in [1.29, 1.82) is 0 Å². The van der Waals surface area contributed by atoms with Crippen molar-refractivity contribution >= 4 is 5.90 Å². The molecule has 0 aliphatic carbocycles. The topological polar surface area (TPSA) is 34.1 Å². The molecular weight excluding hydrogens is 288 g/mol. The standard InChI is InChI=1S/C19H28N2O2/c1-13(2)15-12-22-17(20-15)19(6)16(14-10-8-7-9-11-14)21(23-19)18(3,4)5/h7-11,13,15-16H,12H2,1-6H3/t15-,16+,19-/m0/s1. The van der Waals surface area contributed by atoms with Gasteiger partial charge in [0.2, 0.25) is 5.90 Å². The molecule has 0 aromatic heterocycles. The average Bonchev–Trinajstić information content (AvgIpc) is 2.95. The lowest BCUT2D eigenvalue weighted by Gasteiger charge is -2.58. The van der Waals surface area contributed by atoms with Crippen molar-refractivity contribution < 1.29 is 9.57 Å². The van der Waals surface area contributed by atoms with Crippen molar-refractivity contribution in [3.05, 3.63) is 35.9 Å². The second kappa shape index (κ2) is 5.60. The average molecular weight is 316 g/mol. The van der Waals surface area contributed by atoms with Gasteiger partial charge in [0.05, 0.1) is 6.04 Å². The molecule has 3 rings (SSSR count). The summed E-state index contributed by atoms with van der Waals surface area (Å²) in [6.45, 7) is 13.6. The molecule has 1 aromatic carbocycles. The van der Waals surface area contributed by atoms with E-state index in [4.69, 9.17) is 14.6 Å². The maximum absolute atomic E-state index is 6.25. The van der Waals surface area contributed by atoms with Crippen LogP contribution in [0.25, 0.3) is 0 Å². The van der Waals surface area contributed by atoms with Gasteiger partial charge in [0.25, 0.3) is 0 Å². The summed E-state index contributed by atoms with van der Waals surface area (Å²) >= 11 is 0. The first-order valence-corrected chi connectivity index (χ1v) is 8.48. The quantitative estimate of drug-likeness (QED) is 0.845. The Labute approximate surface area is 139 Å². The number of aliphatic imine (C=N–C) groups is 1. The molecule has 126 valence electrons. The molecule has 0 spiro atoms. The maximum atomic E-state index is 6.25. The molecule has 0 unspecified atom stereocenters. The largest absolute Gasteiger partial charge is 0.477 e. The first-order chi connectivity index (χ1) is 10.7. The van der Waals surface area contributed by atoms with E-state index < -0.39 is 5.60 Å². The first kappa shape index (κ1) is 16.5. The summed E-state index contributed by atoms with van der Waals surface area (Å²) in [5.41, 5.74) is 0.616. The van der Waals surface area contributed by atoms with Gasteiger partial charge in [0.15, 0.2) is 5.60 Å². The zero-order valence-corrected chi connectivity index (χ0v) is 15.0.